The van der Waals surface area contributed by atoms with Gasteiger partial charge in [0, 0.05) is 23.5 Å². The van der Waals surface area contributed by atoms with Crippen molar-refractivity contribution in [3.8, 4) is 28.7 Å². The summed E-state index contributed by atoms with van der Waals surface area (Å²) in [6.07, 6.45) is -3.97. The zero-order valence-electron chi connectivity index (χ0n) is 20.9. The average molecular weight is 567 g/mol. The van der Waals surface area contributed by atoms with E-state index in [4.69, 9.17) is 15.2 Å². The molecule has 0 saturated carbocycles. The lowest BCUT2D eigenvalue weighted by Gasteiger charge is -2.24. The van der Waals surface area contributed by atoms with Crippen LogP contribution in [0.15, 0.2) is 48.7 Å². The molecule has 3 N–H and O–H groups in total. The van der Waals surface area contributed by atoms with Gasteiger partial charge in [0.1, 0.15) is 57.9 Å². The molecule has 0 aliphatic carbocycles. The van der Waals surface area contributed by atoms with Crippen molar-refractivity contribution in [3.05, 3.63) is 65.7 Å². The largest absolute Gasteiger partial charge is 0.573 e. The molecular weight excluding hydrogens is 549 g/mol. The third-order valence-corrected chi connectivity index (χ3v) is 4.54. The minimum Gasteiger partial charge on any atom is -0.510 e. The first-order valence-corrected chi connectivity index (χ1v) is 11.1. The van der Waals surface area contributed by atoms with Crippen molar-refractivity contribution < 1.29 is 54.9 Å². The summed E-state index contributed by atoms with van der Waals surface area (Å²) in [4.78, 5) is 27.9. The van der Waals surface area contributed by atoms with Crippen LogP contribution in [-0.4, -0.2) is 58.6 Å². The van der Waals surface area contributed by atoms with E-state index >= 15 is 4.39 Å². The molecule has 0 fully saturated rings. The minimum absolute atomic E-state index is 0.00124. The van der Waals surface area contributed by atoms with Gasteiger partial charge in [0.05, 0.1) is 11.9 Å². The van der Waals surface area contributed by atoms with Crippen LogP contribution in [0.1, 0.15) is 20.8 Å². The van der Waals surface area contributed by atoms with Crippen molar-refractivity contribution >= 4 is 41.0 Å². The van der Waals surface area contributed by atoms with Crippen LogP contribution in [0.2, 0.25) is 0 Å². The van der Waals surface area contributed by atoms with Gasteiger partial charge in [-0.3, -0.25) is 9.59 Å². The summed E-state index contributed by atoms with van der Waals surface area (Å²) in [6.45, 7) is -3.36. The highest BCUT2D eigenvalue weighted by Gasteiger charge is 2.32. The Morgan fingerprint density at radius 3 is 2.15 bits per heavy atom. The van der Waals surface area contributed by atoms with Gasteiger partial charge in [-0.2, -0.15) is 8.78 Å². The zero-order valence-corrected chi connectivity index (χ0v) is 20.9. The smallest absolute Gasteiger partial charge is 0.510 e. The predicted octanol–water partition coefficient (Wildman–Crippen LogP) is 1.75. The molecule has 0 atom stereocenters. The second-order valence-electron chi connectivity index (χ2n) is 8.88. The van der Waals surface area contributed by atoms with E-state index in [0.29, 0.717) is 6.07 Å². The molecule has 3 aromatic rings. The number of nitrogens with two attached hydrogens (primary N) is 1. The molecule has 0 saturated heterocycles. The molecule has 0 spiro atoms. The maximum Gasteiger partial charge on any atom is 0.573 e. The molecule has 1 heterocycles. The number of nitrogens with one attached hydrogen (secondary N) is 1. The number of pyridine rings is 1. The van der Waals surface area contributed by atoms with Gasteiger partial charge >= 0.3 is 13.0 Å². The summed E-state index contributed by atoms with van der Waals surface area (Å²) in [6, 6.07) is 6.40. The number of primary amides is 1. The first-order chi connectivity index (χ1) is 18.5. The standard InChI is InChI=1S/C22H18B3F6N3O6/c23-21(24,25)40-15-6-10(39-22(29,30)31)2-4-14(15)38-16-7-11(37-20(27)28)5-12(26)17(16)19(36)34-9-1-3-13(18(32)35)33-8-9/h1-8,20H,23-25H2,(H2,32,35)(H,34,36). The van der Waals surface area contributed by atoms with Crippen LogP contribution in [0, 0.1) is 5.82 Å². The molecule has 1 aromatic heterocycles. The van der Waals surface area contributed by atoms with Crippen LogP contribution in [-0.2, 0) is 0 Å². The zero-order chi connectivity index (χ0) is 29.8. The number of halogens is 6. The first kappa shape index (κ1) is 30.1. The maximum atomic E-state index is 15.1. The van der Waals surface area contributed by atoms with Crippen molar-refractivity contribution in [1.82, 2.24) is 4.98 Å². The van der Waals surface area contributed by atoms with Crippen molar-refractivity contribution in [2.24, 2.45) is 5.73 Å². The van der Waals surface area contributed by atoms with E-state index < -0.39 is 58.7 Å². The number of carbonyl (C=O) groups is 2. The van der Waals surface area contributed by atoms with Crippen LogP contribution in [0.3, 0.4) is 0 Å². The summed E-state index contributed by atoms with van der Waals surface area (Å²) in [5.74, 6) is -6.01. The van der Waals surface area contributed by atoms with Gasteiger partial charge in [-0.15, -0.1) is 13.2 Å². The molecule has 0 unspecified atom stereocenters. The minimum atomic E-state index is -5.03. The third kappa shape index (κ3) is 8.51. The number of carbonyl (C=O) groups excluding carboxylic acids is 2. The molecule has 0 radical (unpaired) electrons. The molecule has 9 nitrogen and oxygen atoms in total. The number of hydrogen-bond donors (Lipinski definition) is 2. The van der Waals surface area contributed by atoms with Gasteiger partial charge in [0.25, 0.3) is 11.8 Å². The molecule has 0 bridgehead atoms. The fourth-order valence-electron chi connectivity index (χ4n) is 3.13. The van der Waals surface area contributed by atoms with Gasteiger partial charge in [-0.1, -0.05) is 0 Å². The van der Waals surface area contributed by atoms with E-state index in [-0.39, 0.29) is 22.9 Å². The third-order valence-electron chi connectivity index (χ3n) is 4.54. The second kappa shape index (κ2) is 11.7. The number of anilines is 1. The van der Waals surface area contributed by atoms with E-state index in [1.807, 2.05) is 0 Å². The molecule has 2 aromatic carbocycles. The van der Waals surface area contributed by atoms with Gasteiger partial charge in [0.15, 0.2) is 11.5 Å². The van der Waals surface area contributed by atoms with Gasteiger partial charge in [-0.05, 0) is 24.3 Å². The van der Waals surface area contributed by atoms with E-state index in [1.165, 1.54) is 12.1 Å². The number of alkyl halides is 5. The number of benzene rings is 2. The van der Waals surface area contributed by atoms with E-state index in [2.05, 4.69) is 19.8 Å². The molecule has 0 aliphatic rings. The Balaban J connectivity index is 2.06. The number of nitrogens with zero attached hydrogens (tertiary/aromatic N) is 1. The van der Waals surface area contributed by atoms with Gasteiger partial charge < -0.3 is 30.0 Å². The van der Waals surface area contributed by atoms with Crippen LogP contribution in [0.25, 0.3) is 0 Å². The van der Waals surface area contributed by atoms with Crippen LogP contribution in [0.5, 0.6) is 28.7 Å². The molecule has 2 amide bonds. The fourth-order valence-corrected chi connectivity index (χ4v) is 3.13. The summed E-state index contributed by atoms with van der Waals surface area (Å²) < 4.78 is 98.4. The Morgan fingerprint density at radius 2 is 1.60 bits per heavy atom. The van der Waals surface area contributed by atoms with Crippen LogP contribution in [0.4, 0.5) is 32.0 Å². The Kier molecular flexibility index (Phi) is 8.80. The fraction of sp³-hybridized carbons (Fsp3) is 0.136. The highest BCUT2D eigenvalue weighted by atomic mass is 19.4. The first-order valence-electron chi connectivity index (χ1n) is 11.1. The highest BCUT2D eigenvalue weighted by Crippen LogP contribution is 2.40. The van der Waals surface area contributed by atoms with E-state index in [0.717, 1.165) is 30.5 Å². The number of aromatic nitrogens is 1. The lowest BCUT2D eigenvalue weighted by molar-refractivity contribution is -0.274. The Morgan fingerprint density at radius 1 is 0.925 bits per heavy atom. The Hall–Kier alpha value is -4.50. The number of amides is 2. The lowest BCUT2D eigenvalue weighted by Crippen LogP contribution is -2.37. The quantitative estimate of drug-likeness (QED) is 0.283. The highest BCUT2D eigenvalue weighted by molar-refractivity contribution is 6.58. The monoisotopic (exact) mass is 567 g/mol. The summed E-state index contributed by atoms with van der Waals surface area (Å²) in [5.41, 5.74) is 4.20. The van der Waals surface area contributed by atoms with Crippen molar-refractivity contribution in [1.29, 1.82) is 0 Å². The van der Waals surface area contributed by atoms with E-state index in [9.17, 15) is 31.5 Å². The average Bonchev–Trinajstić information content (AvgIpc) is 2.78. The number of hydrogen-bond acceptors (Lipinski definition) is 7. The molecular formula is C22H18B3F6N3O6. The summed E-state index contributed by atoms with van der Waals surface area (Å²) in [5, 5.41) is 1.32. The SMILES string of the molecule is BC(B)(B)Oc1cc(OC(F)(F)F)ccc1Oc1cc(OC(F)F)cc(F)c1C(=O)Nc1ccc(C(N)=O)nc1. The van der Waals surface area contributed by atoms with Crippen molar-refractivity contribution in [2.75, 3.05) is 5.32 Å². The summed E-state index contributed by atoms with van der Waals surface area (Å²) in [7, 11) is 4.71. The van der Waals surface area contributed by atoms with E-state index in [1.54, 1.807) is 23.5 Å². The maximum absolute atomic E-state index is 15.1. The van der Waals surface area contributed by atoms with Crippen molar-refractivity contribution in [3.63, 3.8) is 0 Å². The van der Waals surface area contributed by atoms with Gasteiger partial charge in [-0.25, -0.2) is 9.37 Å². The molecule has 18 heteroatoms. The van der Waals surface area contributed by atoms with Crippen LogP contribution >= 0.6 is 0 Å². The molecule has 0 aliphatic heterocycles. The summed E-state index contributed by atoms with van der Waals surface area (Å²) >= 11 is 0. The number of ether oxygens (including phenoxy) is 4. The lowest BCUT2D eigenvalue weighted by atomic mass is 9.52. The predicted molar refractivity (Wildman–Crippen MR) is 136 cm³/mol. The Labute approximate surface area is 225 Å². The second-order valence-corrected chi connectivity index (χ2v) is 8.88. The molecule has 40 heavy (non-hydrogen) atoms. The van der Waals surface area contributed by atoms with Crippen LogP contribution < -0.4 is 30.0 Å². The molecule has 3 rings (SSSR count). The van der Waals surface area contributed by atoms with Crippen molar-refractivity contribution in [2.45, 2.75) is 18.3 Å². The molecule has 208 valence electrons. The normalized spacial score (nSPS) is 11.6. The number of rotatable bonds is 10. The topological polar surface area (TPSA) is 122 Å². The van der Waals surface area contributed by atoms with Gasteiger partial charge in [0.2, 0.25) is 0 Å². The Bertz CT molecular complexity index is 1400.